The molecule has 0 aliphatic heterocycles. The number of aryl methyl sites for hydroxylation is 1. The first kappa shape index (κ1) is 12.5. The molecule has 0 amide bonds. The molecule has 0 spiro atoms. The van der Waals surface area contributed by atoms with Crippen molar-refractivity contribution in [2.75, 3.05) is 25.6 Å². The Kier molecular flexibility index (Phi) is 4.76. The molecule has 1 aromatic heterocycles. The van der Waals surface area contributed by atoms with Gasteiger partial charge in [0, 0.05) is 25.7 Å². The van der Waals surface area contributed by atoms with E-state index in [-0.39, 0.29) is 5.97 Å². The van der Waals surface area contributed by atoms with E-state index >= 15 is 0 Å². The largest absolute Gasteiger partial charge is 0.469 e. The van der Waals surface area contributed by atoms with Gasteiger partial charge in [-0.2, -0.15) is 0 Å². The SMILES string of the molecule is COC(=O)CCCN(C)c1cccc(C)n1. The molecule has 0 aromatic carbocycles. The molecule has 0 bridgehead atoms. The Labute approximate surface area is 96.2 Å². The zero-order valence-electron chi connectivity index (χ0n) is 10.1. The third-order valence-corrected chi connectivity index (χ3v) is 2.37. The fourth-order valence-corrected chi connectivity index (χ4v) is 1.42. The quantitative estimate of drug-likeness (QED) is 0.712. The fourth-order valence-electron chi connectivity index (χ4n) is 1.42. The second-order valence-electron chi connectivity index (χ2n) is 3.74. The number of hydrogen-bond acceptors (Lipinski definition) is 4. The summed E-state index contributed by atoms with van der Waals surface area (Å²) in [7, 11) is 3.38. The average molecular weight is 222 g/mol. The van der Waals surface area contributed by atoms with E-state index in [2.05, 4.69) is 9.72 Å². The van der Waals surface area contributed by atoms with Gasteiger partial charge in [-0.25, -0.2) is 4.98 Å². The molecule has 1 heterocycles. The number of carbonyl (C=O) groups excluding carboxylic acids is 1. The lowest BCUT2D eigenvalue weighted by molar-refractivity contribution is -0.140. The predicted octanol–water partition coefficient (Wildman–Crippen LogP) is 1.78. The maximum Gasteiger partial charge on any atom is 0.305 e. The summed E-state index contributed by atoms with van der Waals surface area (Å²) in [5.74, 6) is 0.774. The number of methoxy groups -OCH3 is 1. The van der Waals surface area contributed by atoms with Gasteiger partial charge in [0.2, 0.25) is 0 Å². The van der Waals surface area contributed by atoms with Crippen molar-refractivity contribution in [1.82, 2.24) is 4.98 Å². The van der Waals surface area contributed by atoms with Crippen molar-refractivity contribution < 1.29 is 9.53 Å². The van der Waals surface area contributed by atoms with E-state index in [4.69, 9.17) is 0 Å². The second-order valence-corrected chi connectivity index (χ2v) is 3.74. The number of rotatable bonds is 5. The van der Waals surface area contributed by atoms with Crippen molar-refractivity contribution >= 4 is 11.8 Å². The molecule has 88 valence electrons. The van der Waals surface area contributed by atoms with E-state index in [1.165, 1.54) is 7.11 Å². The van der Waals surface area contributed by atoms with Gasteiger partial charge in [-0.3, -0.25) is 4.79 Å². The normalized spacial score (nSPS) is 9.94. The third kappa shape index (κ3) is 3.88. The van der Waals surface area contributed by atoms with Crippen molar-refractivity contribution in [3.8, 4) is 0 Å². The maximum absolute atomic E-state index is 10.9. The number of nitrogens with zero attached hydrogens (tertiary/aromatic N) is 2. The van der Waals surface area contributed by atoms with Gasteiger partial charge in [0.25, 0.3) is 0 Å². The summed E-state index contributed by atoms with van der Waals surface area (Å²) in [4.78, 5) is 17.4. The Morgan fingerprint density at radius 1 is 1.50 bits per heavy atom. The molecule has 4 nitrogen and oxygen atoms in total. The van der Waals surface area contributed by atoms with Crippen molar-refractivity contribution in [2.24, 2.45) is 0 Å². The third-order valence-electron chi connectivity index (χ3n) is 2.37. The van der Waals surface area contributed by atoms with E-state index in [9.17, 15) is 4.79 Å². The van der Waals surface area contributed by atoms with Crippen LogP contribution in [0.1, 0.15) is 18.5 Å². The molecule has 1 rings (SSSR count). The molecule has 4 heteroatoms. The highest BCUT2D eigenvalue weighted by Crippen LogP contribution is 2.09. The van der Waals surface area contributed by atoms with Crippen LogP contribution in [-0.2, 0) is 9.53 Å². The smallest absolute Gasteiger partial charge is 0.305 e. The minimum Gasteiger partial charge on any atom is -0.469 e. The maximum atomic E-state index is 10.9. The first-order valence-electron chi connectivity index (χ1n) is 5.35. The van der Waals surface area contributed by atoms with Gasteiger partial charge < -0.3 is 9.64 Å². The van der Waals surface area contributed by atoms with Crippen LogP contribution in [0.5, 0.6) is 0 Å². The van der Waals surface area contributed by atoms with Crippen LogP contribution in [0.25, 0.3) is 0 Å². The molecule has 0 radical (unpaired) electrons. The van der Waals surface area contributed by atoms with E-state index in [1.54, 1.807) is 0 Å². The zero-order chi connectivity index (χ0) is 12.0. The van der Waals surface area contributed by atoms with Gasteiger partial charge in [-0.1, -0.05) is 6.07 Å². The van der Waals surface area contributed by atoms with Crippen LogP contribution < -0.4 is 4.90 Å². The lowest BCUT2D eigenvalue weighted by atomic mass is 10.3. The van der Waals surface area contributed by atoms with Crippen molar-refractivity contribution in [1.29, 1.82) is 0 Å². The Balaban J connectivity index is 2.40. The Hall–Kier alpha value is -1.58. The summed E-state index contributed by atoms with van der Waals surface area (Å²) in [6.45, 7) is 2.76. The number of aromatic nitrogens is 1. The van der Waals surface area contributed by atoms with Crippen molar-refractivity contribution in [3.63, 3.8) is 0 Å². The van der Waals surface area contributed by atoms with Crippen LogP contribution >= 0.6 is 0 Å². The number of ether oxygens (including phenoxy) is 1. The summed E-state index contributed by atoms with van der Waals surface area (Å²) in [5.41, 5.74) is 0.998. The monoisotopic (exact) mass is 222 g/mol. The highest BCUT2D eigenvalue weighted by molar-refractivity contribution is 5.69. The van der Waals surface area contributed by atoms with E-state index in [1.807, 2.05) is 37.1 Å². The van der Waals surface area contributed by atoms with Gasteiger partial charge in [-0.15, -0.1) is 0 Å². The van der Waals surface area contributed by atoms with Crippen LogP contribution in [0.4, 0.5) is 5.82 Å². The molecule has 0 saturated carbocycles. The van der Waals surface area contributed by atoms with Gasteiger partial charge in [0.05, 0.1) is 7.11 Å². The second kappa shape index (κ2) is 6.10. The van der Waals surface area contributed by atoms with Crippen molar-refractivity contribution in [2.45, 2.75) is 19.8 Å². The molecule has 0 unspecified atom stereocenters. The van der Waals surface area contributed by atoms with Gasteiger partial charge >= 0.3 is 5.97 Å². The highest BCUT2D eigenvalue weighted by Gasteiger charge is 2.04. The van der Waals surface area contributed by atoms with Gasteiger partial charge in [-0.05, 0) is 25.5 Å². The van der Waals surface area contributed by atoms with Crippen molar-refractivity contribution in [3.05, 3.63) is 23.9 Å². The lowest BCUT2D eigenvalue weighted by Crippen LogP contribution is -2.20. The molecule has 0 saturated heterocycles. The number of esters is 1. The Bertz CT molecular complexity index is 353. The highest BCUT2D eigenvalue weighted by atomic mass is 16.5. The molecule has 0 aliphatic carbocycles. The van der Waals surface area contributed by atoms with Crippen LogP contribution in [-0.4, -0.2) is 31.7 Å². The first-order chi connectivity index (χ1) is 7.63. The summed E-state index contributed by atoms with van der Waals surface area (Å²) in [5, 5.41) is 0. The van der Waals surface area contributed by atoms with E-state index in [0.717, 1.165) is 24.5 Å². The summed E-state index contributed by atoms with van der Waals surface area (Å²) in [6, 6.07) is 5.91. The standard InChI is InChI=1S/C12H18N2O2/c1-10-6-4-7-11(13-10)14(2)9-5-8-12(15)16-3/h4,6-7H,5,8-9H2,1-3H3. The lowest BCUT2D eigenvalue weighted by Gasteiger charge is -2.17. The van der Waals surface area contributed by atoms with Crippen LogP contribution in [0.3, 0.4) is 0 Å². The number of anilines is 1. The van der Waals surface area contributed by atoms with Gasteiger partial charge in [0.15, 0.2) is 0 Å². The summed E-state index contributed by atoms with van der Waals surface area (Å²) >= 11 is 0. The Morgan fingerprint density at radius 3 is 2.88 bits per heavy atom. The minimum absolute atomic E-state index is 0.161. The number of hydrogen-bond donors (Lipinski definition) is 0. The molecule has 0 aliphatic rings. The van der Waals surface area contributed by atoms with Crippen LogP contribution in [0.15, 0.2) is 18.2 Å². The summed E-state index contributed by atoms with van der Waals surface area (Å²) < 4.78 is 4.58. The van der Waals surface area contributed by atoms with E-state index in [0.29, 0.717) is 6.42 Å². The molecule has 0 atom stereocenters. The average Bonchev–Trinajstić information content (AvgIpc) is 2.28. The van der Waals surface area contributed by atoms with Crippen LogP contribution in [0.2, 0.25) is 0 Å². The molecule has 0 fully saturated rings. The molecular weight excluding hydrogens is 204 g/mol. The molecule has 16 heavy (non-hydrogen) atoms. The molecule has 0 N–H and O–H groups in total. The Morgan fingerprint density at radius 2 is 2.25 bits per heavy atom. The van der Waals surface area contributed by atoms with E-state index < -0.39 is 0 Å². The minimum atomic E-state index is -0.161. The first-order valence-corrected chi connectivity index (χ1v) is 5.35. The fraction of sp³-hybridized carbons (Fsp3) is 0.500. The molecular formula is C12H18N2O2. The number of pyridine rings is 1. The predicted molar refractivity (Wildman–Crippen MR) is 63.5 cm³/mol. The topological polar surface area (TPSA) is 42.4 Å². The number of carbonyl (C=O) groups is 1. The van der Waals surface area contributed by atoms with Gasteiger partial charge in [0.1, 0.15) is 5.82 Å². The summed E-state index contributed by atoms with van der Waals surface area (Å²) in [6.07, 6.45) is 1.23. The zero-order valence-corrected chi connectivity index (χ0v) is 10.1. The van der Waals surface area contributed by atoms with Crippen LogP contribution in [0, 0.1) is 6.92 Å². The molecule has 1 aromatic rings.